The number of aliphatic hydroxyl groups excluding tert-OH is 1. The quantitative estimate of drug-likeness (QED) is 0.776. The summed E-state index contributed by atoms with van der Waals surface area (Å²) in [6.07, 6.45) is 0. The average molecular weight is 322 g/mol. The highest BCUT2D eigenvalue weighted by Crippen LogP contribution is 2.34. The molecule has 22 heavy (non-hydrogen) atoms. The Morgan fingerprint density at radius 3 is 2.68 bits per heavy atom. The van der Waals surface area contributed by atoms with Gasteiger partial charge in [0.2, 0.25) is 0 Å². The molecule has 3 rings (SSSR count). The summed E-state index contributed by atoms with van der Waals surface area (Å²) >= 11 is 5.93. The van der Waals surface area contributed by atoms with Gasteiger partial charge in [0.15, 0.2) is 5.76 Å². The zero-order chi connectivity index (χ0) is 15.7. The predicted molar refractivity (Wildman–Crippen MR) is 78.2 cm³/mol. The Morgan fingerprint density at radius 1 is 1.14 bits per heavy atom. The lowest BCUT2D eigenvalue weighted by atomic mass is 10.0. The highest BCUT2D eigenvalue weighted by Gasteiger charge is 2.21. The topological polar surface area (TPSA) is 46.3 Å². The van der Waals surface area contributed by atoms with Crippen LogP contribution in [0.15, 0.2) is 47.0 Å². The summed E-state index contributed by atoms with van der Waals surface area (Å²) in [7, 11) is 0. The molecule has 0 radical (unpaired) electrons. The fraction of sp³-hybridized carbons (Fsp3) is 0.0625. The van der Waals surface area contributed by atoms with Crippen molar-refractivity contribution >= 4 is 11.6 Å². The van der Waals surface area contributed by atoms with Crippen LogP contribution in [0.2, 0.25) is 5.02 Å². The molecule has 0 unspecified atom stereocenters. The van der Waals surface area contributed by atoms with E-state index in [0.29, 0.717) is 10.6 Å². The lowest BCUT2D eigenvalue weighted by Gasteiger charge is -2.03. The number of hydrogen-bond donors (Lipinski definition) is 1. The van der Waals surface area contributed by atoms with Gasteiger partial charge in [0.25, 0.3) is 0 Å². The molecule has 1 aromatic heterocycles. The van der Waals surface area contributed by atoms with Gasteiger partial charge in [-0.2, -0.15) is 0 Å². The van der Waals surface area contributed by atoms with E-state index in [9.17, 15) is 13.9 Å². The largest absolute Gasteiger partial charge is 0.391 e. The van der Waals surface area contributed by atoms with Crippen LogP contribution in [0.1, 0.15) is 5.56 Å². The minimum Gasteiger partial charge on any atom is -0.391 e. The number of halogens is 3. The van der Waals surface area contributed by atoms with E-state index in [4.69, 9.17) is 16.1 Å². The van der Waals surface area contributed by atoms with Crippen LogP contribution in [0.5, 0.6) is 0 Å². The molecule has 1 heterocycles. The van der Waals surface area contributed by atoms with Gasteiger partial charge in [-0.15, -0.1) is 0 Å². The second kappa shape index (κ2) is 5.87. The Hall–Kier alpha value is -2.24. The average Bonchev–Trinajstić information content (AvgIpc) is 2.93. The van der Waals surface area contributed by atoms with E-state index < -0.39 is 18.2 Å². The molecule has 0 saturated carbocycles. The molecule has 0 aliphatic heterocycles. The maximum atomic E-state index is 13.9. The van der Waals surface area contributed by atoms with Crippen molar-refractivity contribution < 1.29 is 18.4 Å². The van der Waals surface area contributed by atoms with Crippen LogP contribution in [-0.4, -0.2) is 10.3 Å². The standard InChI is InChI=1S/C16H10ClF2NO2/c17-10-3-1-2-9(6-10)16-13(8-21)15(20-22-16)12-7-11(18)4-5-14(12)19/h1-7,21H,8H2. The Morgan fingerprint density at radius 2 is 1.95 bits per heavy atom. The third-order valence-electron chi connectivity index (χ3n) is 3.22. The van der Waals surface area contributed by atoms with E-state index >= 15 is 0 Å². The van der Waals surface area contributed by atoms with Crippen molar-refractivity contribution in [1.29, 1.82) is 0 Å². The van der Waals surface area contributed by atoms with Crippen LogP contribution in [-0.2, 0) is 6.61 Å². The Balaban J connectivity index is 2.17. The van der Waals surface area contributed by atoms with E-state index in [2.05, 4.69) is 5.16 Å². The van der Waals surface area contributed by atoms with Crippen LogP contribution >= 0.6 is 11.6 Å². The maximum absolute atomic E-state index is 13.9. The van der Waals surface area contributed by atoms with Crippen molar-refractivity contribution in [3.8, 4) is 22.6 Å². The molecule has 0 bridgehead atoms. The molecule has 0 amide bonds. The molecule has 3 nitrogen and oxygen atoms in total. The molecule has 3 aromatic rings. The minimum atomic E-state index is -0.651. The lowest BCUT2D eigenvalue weighted by molar-refractivity contribution is 0.281. The number of benzene rings is 2. The highest BCUT2D eigenvalue weighted by atomic mass is 35.5. The molecule has 2 aromatic carbocycles. The van der Waals surface area contributed by atoms with Crippen molar-refractivity contribution in [1.82, 2.24) is 5.16 Å². The fourth-order valence-corrected chi connectivity index (χ4v) is 2.39. The summed E-state index contributed by atoms with van der Waals surface area (Å²) in [6.45, 7) is -0.434. The summed E-state index contributed by atoms with van der Waals surface area (Å²) in [5, 5.41) is 13.9. The lowest BCUT2D eigenvalue weighted by Crippen LogP contribution is -1.92. The minimum absolute atomic E-state index is 0.0643. The molecule has 0 aliphatic carbocycles. The van der Waals surface area contributed by atoms with Gasteiger partial charge < -0.3 is 9.63 Å². The Kier molecular flexibility index (Phi) is 3.92. The third kappa shape index (κ3) is 2.61. The van der Waals surface area contributed by atoms with Gasteiger partial charge in [-0.3, -0.25) is 0 Å². The second-order valence-electron chi connectivity index (χ2n) is 4.63. The third-order valence-corrected chi connectivity index (χ3v) is 3.45. The first-order valence-electron chi connectivity index (χ1n) is 6.41. The Labute approximate surface area is 129 Å². The van der Waals surface area contributed by atoms with Crippen molar-refractivity contribution in [3.63, 3.8) is 0 Å². The number of aromatic nitrogens is 1. The van der Waals surface area contributed by atoms with Gasteiger partial charge in [-0.05, 0) is 30.3 Å². The first-order valence-corrected chi connectivity index (χ1v) is 6.78. The molecular formula is C16H10ClF2NO2. The second-order valence-corrected chi connectivity index (χ2v) is 5.07. The smallest absolute Gasteiger partial charge is 0.173 e. The summed E-state index contributed by atoms with van der Waals surface area (Å²) in [4.78, 5) is 0. The summed E-state index contributed by atoms with van der Waals surface area (Å²) < 4.78 is 32.5. The Bertz CT molecular complexity index is 833. The van der Waals surface area contributed by atoms with E-state index in [-0.39, 0.29) is 22.6 Å². The normalized spacial score (nSPS) is 10.9. The van der Waals surface area contributed by atoms with Crippen molar-refractivity contribution in [3.05, 3.63) is 64.7 Å². The van der Waals surface area contributed by atoms with E-state index in [1.165, 1.54) is 0 Å². The molecule has 1 N–H and O–H groups in total. The van der Waals surface area contributed by atoms with Gasteiger partial charge in [0.1, 0.15) is 17.3 Å². The monoisotopic (exact) mass is 321 g/mol. The zero-order valence-corrected chi connectivity index (χ0v) is 11.9. The van der Waals surface area contributed by atoms with Gasteiger partial charge >= 0.3 is 0 Å². The fourth-order valence-electron chi connectivity index (χ4n) is 2.20. The van der Waals surface area contributed by atoms with E-state index in [1.54, 1.807) is 24.3 Å². The molecule has 0 fully saturated rings. The van der Waals surface area contributed by atoms with Crippen LogP contribution in [0.25, 0.3) is 22.6 Å². The first kappa shape index (κ1) is 14.7. The van der Waals surface area contributed by atoms with Gasteiger partial charge in [-0.25, -0.2) is 8.78 Å². The van der Waals surface area contributed by atoms with Crippen molar-refractivity contribution in [2.75, 3.05) is 0 Å². The number of hydrogen-bond acceptors (Lipinski definition) is 3. The summed E-state index contributed by atoms with van der Waals surface area (Å²) in [6, 6.07) is 9.77. The number of nitrogens with zero attached hydrogens (tertiary/aromatic N) is 1. The molecule has 0 aliphatic rings. The van der Waals surface area contributed by atoms with Crippen molar-refractivity contribution in [2.24, 2.45) is 0 Å². The van der Waals surface area contributed by atoms with Crippen LogP contribution in [0.4, 0.5) is 8.78 Å². The highest BCUT2D eigenvalue weighted by molar-refractivity contribution is 6.30. The maximum Gasteiger partial charge on any atom is 0.173 e. The molecular weight excluding hydrogens is 312 g/mol. The van der Waals surface area contributed by atoms with E-state index in [1.807, 2.05) is 0 Å². The summed E-state index contributed by atoms with van der Waals surface area (Å²) in [5.74, 6) is -0.988. The number of aliphatic hydroxyl groups is 1. The molecule has 6 heteroatoms. The molecule has 112 valence electrons. The van der Waals surface area contributed by atoms with Crippen LogP contribution < -0.4 is 0 Å². The molecule has 0 atom stereocenters. The summed E-state index contributed by atoms with van der Waals surface area (Å²) in [5.41, 5.74) is 0.856. The van der Waals surface area contributed by atoms with Gasteiger partial charge in [0.05, 0.1) is 12.2 Å². The van der Waals surface area contributed by atoms with Crippen LogP contribution in [0.3, 0.4) is 0 Å². The molecule has 0 saturated heterocycles. The zero-order valence-electron chi connectivity index (χ0n) is 11.2. The van der Waals surface area contributed by atoms with Gasteiger partial charge in [0, 0.05) is 16.1 Å². The molecule has 0 spiro atoms. The van der Waals surface area contributed by atoms with Crippen molar-refractivity contribution in [2.45, 2.75) is 6.61 Å². The van der Waals surface area contributed by atoms with Gasteiger partial charge in [-0.1, -0.05) is 28.9 Å². The predicted octanol–water partition coefficient (Wildman–Crippen LogP) is 4.43. The first-order chi connectivity index (χ1) is 10.6. The van der Waals surface area contributed by atoms with E-state index in [0.717, 1.165) is 18.2 Å². The SMILES string of the molecule is OCc1c(-c2cc(F)ccc2F)noc1-c1cccc(Cl)c1. The van der Waals surface area contributed by atoms with Crippen LogP contribution in [0, 0.1) is 11.6 Å². The number of rotatable bonds is 3.